The molecule has 0 bridgehead atoms. The Morgan fingerprint density at radius 3 is 1.89 bits per heavy atom. The summed E-state index contributed by atoms with van der Waals surface area (Å²) in [5, 5.41) is 9.72. The van der Waals surface area contributed by atoms with E-state index in [0.717, 1.165) is 26.3 Å². The molecule has 0 saturated carbocycles. The van der Waals surface area contributed by atoms with Gasteiger partial charge in [0.2, 0.25) is 0 Å². The van der Waals surface area contributed by atoms with Crippen LogP contribution in [0, 0.1) is 36.7 Å². The van der Waals surface area contributed by atoms with Crippen LogP contribution in [0.1, 0.15) is 56.3 Å². The Morgan fingerprint density at radius 1 is 0.886 bits per heavy atom. The molecule has 1 saturated heterocycles. The zero-order chi connectivity index (χ0) is 26.6. The van der Waals surface area contributed by atoms with Gasteiger partial charge in [-0.25, -0.2) is 0 Å². The monoisotopic (exact) mass is 508 g/mol. The number of nitriles is 1. The van der Waals surface area contributed by atoms with Crippen molar-refractivity contribution in [3.05, 3.63) is 27.0 Å². The normalized spacial score (nSPS) is 23.5. The SMILES string of the molecule is CC(=O)OCC1OC(n2c(C)c(C)c(C)c(C#N)c2=S)C(OC(C)=O)C(OC(C)=O)C1OC(C)=O. The zero-order valence-corrected chi connectivity index (χ0v) is 21.4. The Balaban J connectivity index is 2.81. The first-order chi connectivity index (χ1) is 16.3. The number of aromatic nitrogens is 1. The molecule has 35 heavy (non-hydrogen) atoms. The van der Waals surface area contributed by atoms with Crippen LogP contribution in [-0.4, -0.2) is 59.5 Å². The molecule has 0 N–H and O–H groups in total. The van der Waals surface area contributed by atoms with Crippen LogP contribution in [-0.2, 0) is 42.9 Å². The molecule has 0 radical (unpaired) electrons. The molecule has 12 heteroatoms. The molecule has 1 aliphatic rings. The lowest BCUT2D eigenvalue weighted by Crippen LogP contribution is -2.60. The van der Waals surface area contributed by atoms with Crippen molar-refractivity contribution in [2.75, 3.05) is 6.61 Å². The van der Waals surface area contributed by atoms with Crippen LogP contribution >= 0.6 is 12.2 Å². The van der Waals surface area contributed by atoms with Gasteiger partial charge in [-0.1, -0.05) is 12.2 Å². The maximum absolute atomic E-state index is 12.1. The predicted octanol–water partition coefficient (Wildman–Crippen LogP) is 2.27. The van der Waals surface area contributed by atoms with Gasteiger partial charge < -0.3 is 28.3 Å². The fourth-order valence-electron chi connectivity index (χ4n) is 3.92. The molecule has 1 aliphatic heterocycles. The van der Waals surface area contributed by atoms with E-state index in [1.807, 2.05) is 0 Å². The minimum absolute atomic E-state index is 0.106. The summed E-state index contributed by atoms with van der Waals surface area (Å²) in [6, 6.07) is 2.08. The van der Waals surface area contributed by atoms with Gasteiger partial charge in [0, 0.05) is 33.4 Å². The van der Waals surface area contributed by atoms with Crippen molar-refractivity contribution >= 4 is 36.1 Å². The average molecular weight is 509 g/mol. The molecule has 1 aromatic heterocycles. The summed E-state index contributed by atoms with van der Waals surface area (Å²) in [4.78, 5) is 47.5. The van der Waals surface area contributed by atoms with Crippen molar-refractivity contribution in [1.82, 2.24) is 4.57 Å². The van der Waals surface area contributed by atoms with Crippen LogP contribution < -0.4 is 0 Å². The highest BCUT2D eigenvalue weighted by atomic mass is 32.1. The summed E-state index contributed by atoms with van der Waals surface area (Å²) in [5.74, 6) is -2.82. The van der Waals surface area contributed by atoms with Crippen LogP contribution in [0.5, 0.6) is 0 Å². The Hall–Kier alpha value is -3.30. The van der Waals surface area contributed by atoms with Crippen molar-refractivity contribution in [3.63, 3.8) is 0 Å². The number of hydrogen-bond donors (Lipinski definition) is 0. The minimum Gasteiger partial charge on any atom is -0.463 e. The van der Waals surface area contributed by atoms with Crippen LogP contribution in [0.3, 0.4) is 0 Å². The summed E-state index contributed by atoms with van der Waals surface area (Å²) in [6.07, 6.45) is -6.29. The van der Waals surface area contributed by atoms with Crippen molar-refractivity contribution in [3.8, 4) is 6.07 Å². The summed E-state index contributed by atoms with van der Waals surface area (Å²) in [6.45, 7) is 9.56. The molecule has 0 amide bonds. The van der Waals surface area contributed by atoms with Crippen molar-refractivity contribution in [1.29, 1.82) is 5.26 Å². The van der Waals surface area contributed by atoms with Gasteiger partial charge in [0.1, 0.15) is 23.4 Å². The third-order valence-corrected chi connectivity index (χ3v) is 6.01. The maximum atomic E-state index is 12.1. The molecular weight excluding hydrogens is 480 g/mol. The molecule has 190 valence electrons. The summed E-state index contributed by atoms with van der Waals surface area (Å²) >= 11 is 5.59. The standard InChI is InChI=1S/C23H28N2O9S/c1-10-11(2)17(8-24)23(35)25(12(10)3)22-21(33-16(7)29)20(32-15(6)28)19(31-14(5)27)18(34-22)9-30-13(4)26/h18-22H,9H2,1-7H3. The second kappa shape index (κ2) is 11.4. The van der Waals surface area contributed by atoms with Gasteiger partial charge in [0.05, 0.1) is 5.56 Å². The van der Waals surface area contributed by atoms with E-state index in [1.165, 1.54) is 11.5 Å². The third kappa shape index (κ3) is 6.23. The topological polar surface area (TPSA) is 143 Å². The van der Waals surface area contributed by atoms with Crippen molar-refractivity contribution in [2.24, 2.45) is 0 Å². The fraction of sp³-hybridized carbons (Fsp3) is 0.565. The zero-order valence-electron chi connectivity index (χ0n) is 20.6. The molecule has 5 unspecified atom stereocenters. The summed E-state index contributed by atoms with van der Waals surface area (Å²) < 4.78 is 29.3. The first-order valence-electron chi connectivity index (χ1n) is 10.7. The van der Waals surface area contributed by atoms with E-state index in [4.69, 9.17) is 35.9 Å². The van der Waals surface area contributed by atoms with Gasteiger partial charge in [-0.3, -0.25) is 19.2 Å². The number of carbonyl (C=O) groups is 4. The van der Waals surface area contributed by atoms with Gasteiger partial charge in [-0.2, -0.15) is 5.26 Å². The minimum atomic E-state index is -1.34. The van der Waals surface area contributed by atoms with Gasteiger partial charge in [-0.15, -0.1) is 0 Å². The summed E-state index contributed by atoms with van der Waals surface area (Å²) in [5.41, 5.74) is 2.24. The van der Waals surface area contributed by atoms with E-state index < -0.39 is 54.5 Å². The molecule has 0 aromatic carbocycles. The number of carbonyl (C=O) groups excluding carboxylic acids is 4. The van der Waals surface area contributed by atoms with Gasteiger partial charge >= 0.3 is 23.9 Å². The average Bonchev–Trinajstić information content (AvgIpc) is 2.74. The molecule has 1 aromatic rings. The lowest BCUT2D eigenvalue weighted by molar-refractivity contribution is -0.269. The number of ether oxygens (including phenoxy) is 5. The van der Waals surface area contributed by atoms with E-state index in [-0.39, 0.29) is 16.8 Å². The Bertz CT molecular complexity index is 1140. The maximum Gasteiger partial charge on any atom is 0.303 e. The van der Waals surface area contributed by atoms with E-state index in [2.05, 4.69) is 6.07 Å². The van der Waals surface area contributed by atoms with Crippen LogP contribution in [0.25, 0.3) is 0 Å². The lowest BCUT2D eigenvalue weighted by Gasteiger charge is -2.45. The fourth-order valence-corrected chi connectivity index (χ4v) is 4.36. The third-order valence-electron chi connectivity index (χ3n) is 5.61. The van der Waals surface area contributed by atoms with E-state index in [9.17, 15) is 24.4 Å². The van der Waals surface area contributed by atoms with Gasteiger partial charge in [-0.05, 0) is 31.9 Å². The molecule has 11 nitrogen and oxygen atoms in total. The number of hydrogen-bond acceptors (Lipinski definition) is 11. The van der Waals surface area contributed by atoms with Gasteiger partial charge in [0.15, 0.2) is 24.5 Å². The lowest BCUT2D eigenvalue weighted by atomic mass is 9.96. The number of pyridine rings is 1. The van der Waals surface area contributed by atoms with Crippen LogP contribution in [0.15, 0.2) is 0 Å². The Morgan fingerprint density at radius 2 is 1.40 bits per heavy atom. The van der Waals surface area contributed by atoms with E-state index in [0.29, 0.717) is 11.3 Å². The molecule has 2 heterocycles. The molecule has 5 atom stereocenters. The molecule has 0 aliphatic carbocycles. The highest BCUT2D eigenvalue weighted by molar-refractivity contribution is 7.71. The van der Waals surface area contributed by atoms with E-state index in [1.54, 1.807) is 20.8 Å². The van der Waals surface area contributed by atoms with Gasteiger partial charge in [0.25, 0.3) is 0 Å². The Kier molecular flexibility index (Phi) is 9.12. The largest absolute Gasteiger partial charge is 0.463 e. The molecule has 0 spiro atoms. The summed E-state index contributed by atoms with van der Waals surface area (Å²) in [7, 11) is 0. The predicted molar refractivity (Wildman–Crippen MR) is 121 cm³/mol. The highest BCUT2D eigenvalue weighted by Crippen LogP contribution is 2.37. The smallest absolute Gasteiger partial charge is 0.303 e. The molecule has 1 fully saturated rings. The first-order valence-corrected chi connectivity index (χ1v) is 11.1. The molecule has 2 rings (SSSR count). The quantitative estimate of drug-likeness (QED) is 0.317. The number of esters is 4. The molecular formula is C23H28N2O9S. The van der Waals surface area contributed by atoms with Crippen molar-refractivity contribution < 1.29 is 42.9 Å². The van der Waals surface area contributed by atoms with Crippen molar-refractivity contribution in [2.45, 2.75) is 79.1 Å². The van der Waals surface area contributed by atoms with Crippen LogP contribution in [0.2, 0.25) is 0 Å². The Labute approximate surface area is 207 Å². The van der Waals surface area contributed by atoms with Crippen LogP contribution in [0.4, 0.5) is 0 Å². The number of nitrogens with zero attached hydrogens (tertiary/aromatic N) is 2. The second-order valence-electron chi connectivity index (χ2n) is 8.09. The van der Waals surface area contributed by atoms with E-state index >= 15 is 0 Å². The first kappa shape index (κ1) is 27.9. The number of rotatable bonds is 6. The highest BCUT2D eigenvalue weighted by Gasteiger charge is 2.53. The second-order valence-corrected chi connectivity index (χ2v) is 8.47.